The Balaban J connectivity index is 1.62. The zero-order chi connectivity index (χ0) is 23.5. The molecule has 5 rings (SSSR count). The van der Waals surface area contributed by atoms with Gasteiger partial charge in [-0.2, -0.15) is 27.9 Å². The molecule has 1 fully saturated rings. The van der Waals surface area contributed by atoms with Crippen molar-refractivity contribution in [3.8, 4) is 11.8 Å². The molecule has 3 heterocycles. The fourth-order valence-electron chi connectivity index (χ4n) is 4.02. The van der Waals surface area contributed by atoms with E-state index in [-0.39, 0.29) is 23.0 Å². The molecule has 33 heavy (non-hydrogen) atoms. The van der Waals surface area contributed by atoms with Crippen LogP contribution in [0.15, 0.2) is 53.0 Å². The number of rotatable bonds is 2. The number of carbonyl (C=O) groups is 1. The molecule has 1 aliphatic heterocycles. The van der Waals surface area contributed by atoms with Gasteiger partial charge in [-0.1, -0.05) is 0 Å². The van der Waals surface area contributed by atoms with E-state index in [9.17, 15) is 22.2 Å². The molecule has 0 aliphatic carbocycles. The maximum Gasteiger partial charge on any atom is 0.416 e. The van der Waals surface area contributed by atoms with E-state index in [1.54, 1.807) is 34.6 Å². The van der Waals surface area contributed by atoms with Crippen LogP contribution >= 0.6 is 0 Å². The number of aryl methyl sites for hydroxylation is 1. The van der Waals surface area contributed by atoms with E-state index in [1.807, 2.05) is 6.07 Å². The van der Waals surface area contributed by atoms with Crippen molar-refractivity contribution >= 4 is 37.6 Å². The first-order valence-corrected chi connectivity index (χ1v) is 11.8. The van der Waals surface area contributed by atoms with Crippen molar-refractivity contribution in [2.24, 2.45) is 17.3 Å². The summed E-state index contributed by atoms with van der Waals surface area (Å²) in [6.07, 6.45) is -2.68. The number of benzene rings is 2. The van der Waals surface area contributed by atoms with Crippen molar-refractivity contribution in [3.63, 3.8) is 0 Å². The van der Waals surface area contributed by atoms with Gasteiger partial charge in [0, 0.05) is 46.8 Å². The molecule has 0 spiro atoms. The highest BCUT2D eigenvalue weighted by Crippen LogP contribution is 2.34. The third-order valence-corrected chi connectivity index (χ3v) is 7.95. The summed E-state index contributed by atoms with van der Waals surface area (Å²) in [5.74, 6) is -0.787. The molecule has 0 unspecified atom stereocenters. The van der Waals surface area contributed by atoms with Gasteiger partial charge in [0.25, 0.3) is 5.91 Å². The average molecular weight is 471 g/mol. The largest absolute Gasteiger partial charge is 0.416 e. The van der Waals surface area contributed by atoms with Gasteiger partial charge in [0.05, 0.1) is 32.8 Å². The maximum atomic E-state index is 13.0. The van der Waals surface area contributed by atoms with Crippen LogP contribution < -0.4 is 0 Å². The Labute approximate surface area is 186 Å². The lowest BCUT2D eigenvalue weighted by atomic mass is 10.1. The molecule has 1 aliphatic rings. The number of alkyl halides is 3. The van der Waals surface area contributed by atoms with Gasteiger partial charge >= 0.3 is 6.18 Å². The second-order valence-corrected chi connectivity index (χ2v) is 10.4. The lowest BCUT2D eigenvalue weighted by Crippen LogP contribution is -2.35. The van der Waals surface area contributed by atoms with Gasteiger partial charge in [0.15, 0.2) is 5.65 Å². The first-order chi connectivity index (χ1) is 15.6. The van der Waals surface area contributed by atoms with Gasteiger partial charge in [-0.05, 0) is 42.5 Å². The van der Waals surface area contributed by atoms with Crippen molar-refractivity contribution in [3.05, 3.63) is 59.8 Å². The molecule has 2 aromatic carbocycles. The topological polar surface area (TPSA) is 93.0 Å². The third kappa shape index (κ3) is 3.56. The lowest BCUT2D eigenvalue weighted by molar-refractivity contribution is -0.137. The Morgan fingerprint density at radius 2 is 1.88 bits per heavy atom. The molecule has 2 aromatic heterocycles. The Kier molecular flexibility index (Phi) is 4.61. The number of aromatic nitrogens is 3. The minimum absolute atomic E-state index is 0.0919. The molecule has 0 N–H and O–H groups in total. The van der Waals surface area contributed by atoms with E-state index < -0.39 is 27.4 Å². The second-order valence-electron chi connectivity index (χ2n) is 7.98. The van der Waals surface area contributed by atoms with Gasteiger partial charge in [-0.25, -0.2) is 4.21 Å². The third-order valence-electron chi connectivity index (χ3n) is 5.60. The normalized spacial score (nSPS) is 20.5. The van der Waals surface area contributed by atoms with Crippen LogP contribution in [0.3, 0.4) is 0 Å². The Hall–Kier alpha value is -3.65. The standard InChI is InChI=1S/C22H16F3N5O2S/c1-29-10-18-17-8-14(21(31)28-33(32)11-13(9-26)12-33)2-7-19(17)30(20(18)27-29)16-5-3-15(4-6-16)22(23,24)25/h2-8,10,13H,11-12H2,1H3. The van der Waals surface area contributed by atoms with Crippen LogP contribution in [0.5, 0.6) is 0 Å². The minimum atomic E-state index is -4.44. The molecule has 0 bridgehead atoms. The summed E-state index contributed by atoms with van der Waals surface area (Å²) in [5, 5.41) is 14.7. The lowest BCUT2D eigenvalue weighted by Gasteiger charge is -2.23. The van der Waals surface area contributed by atoms with E-state index >= 15 is 0 Å². The number of hydrogen-bond acceptors (Lipinski definition) is 4. The van der Waals surface area contributed by atoms with Gasteiger partial charge in [0.2, 0.25) is 0 Å². The fraction of sp³-hybridized carbons (Fsp3) is 0.227. The Morgan fingerprint density at radius 3 is 2.52 bits per heavy atom. The van der Waals surface area contributed by atoms with Crippen molar-refractivity contribution in [1.82, 2.24) is 14.3 Å². The molecular weight excluding hydrogens is 455 g/mol. The summed E-state index contributed by atoms with van der Waals surface area (Å²) in [6, 6.07) is 11.6. The van der Waals surface area contributed by atoms with E-state index in [0.717, 1.165) is 12.1 Å². The summed E-state index contributed by atoms with van der Waals surface area (Å²) in [6.45, 7) is 0. The average Bonchev–Trinajstić information content (AvgIpc) is 3.25. The molecular formula is C22H16F3N5O2S. The zero-order valence-electron chi connectivity index (χ0n) is 17.2. The Morgan fingerprint density at radius 1 is 1.18 bits per heavy atom. The van der Waals surface area contributed by atoms with Gasteiger partial charge < -0.3 is 0 Å². The number of fused-ring (bicyclic) bond motifs is 3. The molecule has 0 saturated carbocycles. The van der Waals surface area contributed by atoms with Gasteiger partial charge in [0.1, 0.15) is 0 Å². The minimum Gasteiger partial charge on any atom is -0.292 e. The zero-order valence-corrected chi connectivity index (χ0v) is 18.0. The van der Waals surface area contributed by atoms with Crippen molar-refractivity contribution in [2.75, 3.05) is 11.5 Å². The number of halogens is 3. The molecule has 7 nitrogen and oxygen atoms in total. The van der Waals surface area contributed by atoms with Gasteiger partial charge in [-0.15, -0.1) is 0 Å². The maximum absolute atomic E-state index is 13.0. The molecule has 0 atom stereocenters. The summed E-state index contributed by atoms with van der Waals surface area (Å²) in [4.78, 5) is 12.7. The van der Waals surface area contributed by atoms with Crippen LogP contribution in [0.2, 0.25) is 0 Å². The quantitative estimate of drug-likeness (QED) is 0.436. The molecule has 1 saturated heterocycles. The first-order valence-electron chi connectivity index (χ1n) is 9.90. The SMILES string of the molecule is Cn1cc2c3cc(C(=O)N=S4(=O)CC(C#N)C4)ccc3n(-c3ccc(C(F)(F)F)cc3)c2n1. The monoisotopic (exact) mass is 471 g/mol. The number of amides is 1. The Bertz CT molecular complexity index is 1590. The molecule has 168 valence electrons. The van der Waals surface area contributed by atoms with Crippen LogP contribution in [0, 0.1) is 17.2 Å². The summed E-state index contributed by atoms with van der Waals surface area (Å²) >= 11 is 0. The second kappa shape index (κ2) is 7.18. The van der Waals surface area contributed by atoms with E-state index in [2.05, 4.69) is 9.46 Å². The molecule has 11 heteroatoms. The first kappa shape index (κ1) is 21.2. The van der Waals surface area contributed by atoms with Crippen LogP contribution in [0.4, 0.5) is 13.2 Å². The van der Waals surface area contributed by atoms with Crippen molar-refractivity contribution < 1.29 is 22.2 Å². The summed E-state index contributed by atoms with van der Waals surface area (Å²) in [5.41, 5.74) is 1.15. The highest BCUT2D eigenvalue weighted by atomic mass is 32.2. The number of nitrogens with zero attached hydrogens (tertiary/aromatic N) is 5. The molecule has 4 aromatic rings. The predicted octanol–water partition coefficient (Wildman–Crippen LogP) is 4.30. The summed E-state index contributed by atoms with van der Waals surface area (Å²) in [7, 11) is -0.982. The van der Waals surface area contributed by atoms with Gasteiger partial charge in [-0.3, -0.25) is 14.0 Å². The molecule has 1 amide bonds. The van der Waals surface area contributed by atoms with E-state index in [4.69, 9.17) is 5.26 Å². The van der Waals surface area contributed by atoms with Crippen LogP contribution in [-0.2, 0) is 23.0 Å². The predicted molar refractivity (Wildman–Crippen MR) is 116 cm³/mol. The van der Waals surface area contributed by atoms with Crippen LogP contribution in [0.1, 0.15) is 15.9 Å². The van der Waals surface area contributed by atoms with Crippen LogP contribution in [0.25, 0.3) is 27.6 Å². The van der Waals surface area contributed by atoms with E-state index in [0.29, 0.717) is 27.6 Å². The highest BCUT2D eigenvalue weighted by Gasteiger charge is 2.33. The van der Waals surface area contributed by atoms with E-state index in [1.165, 1.54) is 18.2 Å². The number of carbonyl (C=O) groups excluding carboxylic acids is 1. The number of nitriles is 1. The number of hydrogen-bond donors (Lipinski definition) is 0. The smallest absolute Gasteiger partial charge is 0.292 e. The fourth-order valence-corrected chi connectivity index (χ4v) is 5.88. The summed E-state index contributed by atoms with van der Waals surface area (Å²) < 4.78 is 58.6. The van der Waals surface area contributed by atoms with Crippen LogP contribution in [-0.4, -0.2) is 36.0 Å². The highest BCUT2D eigenvalue weighted by molar-refractivity contribution is 7.95. The van der Waals surface area contributed by atoms with Crippen molar-refractivity contribution in [2.45, 2.75) is 6.18 Å². The molecule has 0 radical (unpaired) electrons. The van der Waals surface area contributed by atoms with Crippen molar-refractivity contribution in [1.29, 1.82) is 5.26 Å².